The van der Waals surface area contributed by atoms with Gasteiger partial charge >= 0.3 is 5.97 Å². The SMILES string of the molecule is CC(C)OC(=O)[C@H](C)N(Oc1ccccc1)[PH](=S)OC1[C@H]2O[C@@H](n3cnc4c(N(C)C)nc(N)nc43)[C@](C)(F)[C@@]12O. The first-order valence-corrected chi connectivity index (χ1v) is 15.4. The molecule has 1 aromatic carbocycles. The summed E-state index contributed by atoms with van der Waals surface area (Å²) in [6.07, 6.45) is -2.43. The van der Waals surface area contributed by atoms with Crippen LogP contribution in [0.15, 0.2) is 36.7 Å². The van der Waals surface area contributed by atoms with Gasteiger partial charge in [-0.1, -0.05) is 34.8 Å². The molecule has 7 atom stereocenters. The molecule has 5 rings (SSSR count). The number of imidazole rings is 1. The normalized spacial score (nSPS) is 28.5. The van der Waals surface area contributed by atoms with Crippen molar-refractivity contribution in [2.24, 2.45) is 0 Å². The zero-order valence-electron chi connectivity index (χ0n) is 23.4. The molecule has 1 aliphatic heterocycles. The van der Waals surface area contributed by atoms with Gasteiger partial charge in [0.2, 0.25) is 5.95 Å². The summed E-state index contributed by atoms with van der Waals surface area (Å²) in [6, 6.07) is 7.77. The Morgan fingerprint density at radius 3 is 2.54 bits per heavy atom. The van der Waals surface area contributed by atoms with E-state index in [1.165, 1.54) is 22.7 Å². The first kappa shape index (κ1) is 29.5. The number of para-hydroxylation sites is 1. The number of anilines is 2. The first-order valence-electron chi connectivity index (χ1n) is 12.9. The molecule has 3 heterocycles. The van der Waals surface area contributed by atoms with Crippen molar-refractivity contribution in [2.75, 3.05) is 24.7 Å². The molecule has 2 unspecified atom stereocenters. The zero-order valence-corrected chi connectivity index (χ0v) is 25.2. The Bertz CT molecular complexity index is 1480. The molecule has 222 valence electrons. The van der Waals surface area contributed by atoms with Crippen molar-refractivity contribution in [3.63, 3.8) is 0 Å². The number of aromatic nitrogens is 4. The Kier molecular flexibility index (Phi) is 7.72. The Hall–Kier alpha value is -2.94. The van der Waals surface area contributed by atoms with Gasteiger partial charge in [0, 0.05) is 14.1 Å². The third-order valence-electron chi connectivity index (χ3n) is 7.05. The predicted molar refractivity (Wildman–Crippen MR) is 153 cm³/mol. The van der Waals surface area contributed by atoms with E-state index >= 15 is 4.39 Å². The fraction of sp³-hybridized carbons (Fsp3) is 0.520. The number of hydrogen-bond donors (Lipinski definition) is 2. The number of nitrogens with zero attached hydrogens (tertiary/aromatic N) is 6. The number of hydroxylamine groups is 1. The number of rotatable bonds is 10. The van der Waals surface area contributed by atoms with E-state index in [1.807, 2.05) is 6.07 Å². The molecular weight excluding hydrogens is 576 g/mol. The highest BCUT2D eigenvalue weighted by molar-refractivity contribution is 8.01. The molecule has 0 amide bonds. The number of alkyl halides is 1. The monoisotopic (exact) mass is 609 g/mol. The molecule has 0 radical (unpaired) electrons. The number of benzene rings is 1. The maximum absolute atomic E-state index is 16.5. The largest absolute Gasteiger partial charge is 0.462 e. The minimum atomic E-state index is -2.57. The van der Waals surface area contributed by atoms with Crippen molar-refractivity contribution in [2.45, 2.75) is 69.5 Å². The van der Waals surface area contributed by atoms with E-state index in [0.717, 1.165) is 0 Å². The van der Waals surface area contributed by atoms with Crippen LogP contribution in [0.1, 0.15) is 33.9 Å². The average molecular weight is 610 g/mol. The standard InChI is InChI=1S/C25H33FN7O6PS/c1-13(2)36-21(34)14(3)33(38-15-10-8-7-9-11-15)40(41)39-18-17-25(18,35)24(4,26)22(37-17)32-12-28-16-19(31(5)6)29-23(27)30-20(16)32/h7-14,17-18,22,35,40H,1-6H3,(H2,27,29,30)/t14-,17+,18?,22+,24-,25-/m0/s1. The summed E-state index contributed by atoms with van der Waals surface area (Å²) in [5.41, 5.74) is 2.17. The lowest BCUT2D eigenvalue weighted by Crippen LogP contribution is -2.45. The highest BCUT2D eigenvalue weighted by atomic mass is 32.4. The van der Waals surface area contributed by atoms with E-state index in [0.29, 0.717) is 17.1 Å². The van der Waals surface area contributed by atoms with Crippen LogP contribution >= 0.6 is 7.07 Å². The van der Waals surface area contributed by atoms with Crippen LogP contribution < -0.4 is 15.5 Å². The number of hydrogen-bond acceptors (Lipinski definition) is 12. The molecule has 1 saturated heterocycles. The van der Waals surface area contributed by atoms with Crippen molar-refractivity contribution in [3.8, 4) is 5.75 Å². The molecule has 16 heteroatoms. The van der Waals surface area contributed by atoms with Crippen molar-refractivity contribution < 1.29 is 33.1 Å². The molecule has 13 nitrogen and oxygen atoms in total. The Labute approximate surface area is 241 Å². The van der Waals surface area contributed by atoms with Gasteiger partial charge in [-0.25, -0.2) is 9.37 Å². The summed E-state index contributed by atoms with van der Waals surface area (Å²) in [6.45, 7) is 6.25. The third kappa shape index (κ3) is 5.04. The van der Waals surface area contributed by atoms with E-state index in [-0.39, 0.29) is 17.7 Å². The fourth-order valence-corrected chi connectivity index (χ4v) is 6.97. The van der Waals surface area contributed by atoms with Gasteiger partial charge in [-0.15, -0.1) is 0 Å². The predicted octanol–water partition coefficient (Wildman–Crippen LogP) is 2.37. The number of carbonyl (C=O) groups excluding carboxylic acids is 1. The second-order valence-electron chi connectivity index (χ2n) is 10.6. The molecule has 41 heavy (non-hydrogen) atoms. The van der Waals surface area contributed by atoms with E-state index in [2.05, 4.69) is 15.0 Å². The summed E-state index contributed by atoms with van der Waals surface area (Å²) in [4.78, 5) is 34.4. The topological polar surface area (TPSA) is 150 Å². The van der Waals surface area contributed by atoms with Crippen LogP contribution in [-0.4, -0.2) is 85.1 Å². The summed E-state index contributed by atoms with van der Waals surface area (Å²) in [5, 5.41) is 11.5. The maximum Gasteiger partial charge on any atom is 0.327 e. The van der Waals surface area contributed by atoms with E-state index in [4.69, 9.17) is 36.4 Å². The molecule has 3 aromatic rings. The Morgan fingerprint density at radius 2 is 1.95 bits per heavy atom. The molecule has 1 aliphatic carbocycles. The van der Waals surface area contributed by atoms with Gasteiger partial charge < -0.3 is 34.6 Å². The number of fused-ring (bicyclic) bond motifs is 2. The molecule has 2 aliphatic rings. The fourth-order valence-electron chi connectivity index (χ4n) is 4.85. The van der Waals surface area contributed by atoms with Crippen LogP contribution in [-0.2, 0) is 30.6 Å². The number of nitrogen functional groups attached to an aromatic ring is 1. The smallest absolute Gasteiger partial charge is 0.327 e. The van der Waals surface area contributed by atoms with Gasteiger partial charge in [0.25, 0.3) is 0 Å². The Balaban J connectivity index is 1.37. The molecule has 0 spiro atoms. The van der Waals surface area contributed by atoms with E-state index < -0.39 is 48.8 Å². The molecule has 1 saturated carbocycles. The third-order valence-corrected chi connectivity index (χ3v) is 9.17. The summed E-state index contributed by atoms with van der Waals surface area (Å²) in [5.74, 6) is 0.281. The lowest BCUT2D eigenvalue weighted by atomic mass is 9.97. The van der Waals surface area contributed by atoms with Gasteiger partial charge in [0.05, 0.1) is 12.4 Å². The summed E-state index contributed by atoms with van der Waals surface area (Å²) < 4.78 is 35.2. The highest BCUT2D eigenvalue weighted by Gasteiger charge is 2.84. The van der Waals surface area contributed by atoms with Crippen LogP contribution in [0.2, 0.25) is 0 Å². The minimum absolute atomic E-state index is 0.0199. The number of ether oxygens (including phenoxy) is 2. The van der Waals surface area contributed by atoms with Crippen LogP contribution in [0.25, 0.3) is 11.2 Å². The van der Waals surface area contributed by atoms with Gasteiger partial charge in [-0.05, 0) is 39.8 Å². The van der Waals surface area contributed by atoms with Gasteiger partial charge in [0.1, 0.15) is 24.0 Å². The second kappa shape index (κ2) is 10.7. The van der Waals surface area contributed by atoms with E-state index in [9.17, 15) is 9.90 Å². The van der Waals surface area contributed by atoms with Crippen LogP contribution in [0.3, 0.4) is 0 Å². The van der Waals surface area contributed by atoms with Gasteiger partial charge in [0.15, 0.2) is 41.6 Å². The minimum Gasteiger partial charge on any atom is -0.462 e. The molecule has 2 aromatic heterocycles. The zero-order chi connectivity index (χ0) is 29.9. The molecule has 0 bridgehead atoms. The average Bonchev–Trinajstić information content (AvgIpc) is 3.16. The first-order chi connectivity index (χ1) is 19.3. The van der Waals surface area contributed by atoms with Crippen LogP contribution in [0, 0.1) is 0 Å². The number of carbonyl (C=O) groups is 1. The van der Waals surface area contributed by atoms with Gasteiger partial charge in [-0.3, -0.25) is 9.36 Å². The number of esters is 1. The maximum atomic E-state index is 16.5. The van der Waals surface area contributed by atoms with Crippen molar-refractivity contribution >= 4 is 47.8 Å². The lowest BCUT2D eigenvalue weighted by Gasteiger charge is -2.32. The molecule has 2 fully saturated rings. The van der Waals surface area contributed by atoms with Crippen molar-refractivity contribution in [1.82, 2.24) is 24.4 Å². The number of nitrogens with two attached hydrogens (primary N) is 1. The number of aliphatic hydroxyl groups is 1. The van der Waals surface area contributed by atoms with Crippen molar-refractivity contribution in [3.05, 3.63) is 36.7 Å². The summed E-state index contributed by atoms with van der Waals surface area (Å²) >= 11 is 5.64. The Morgan fingerprint density at radius 1 is 1.27 bits per heavy atom. The van der Waals surface area contributed by atoms with E-state index in [1.54, 1.807) is 64.0 Å². The highest BCUT2D eigenvalue weighted by Crippen LogP contribution is 2.64. The number of halogens is 1. The van der Waals surface area contributed by atoms with Crippen molar-refractivity contribution in [1.29, 1.82) is 0 Å². The lowest BCUT2D eigenvalue weighted by molar-refractivity contribution is -0.158. The molecular formula is C25H33FN7O6PS. The van der Waals surface area contributed by atoms with Gasteiger partial charge in [-0.2, -0.15) is 9.97 Å². The quantitative estimate of drug-likeness (QED) is 0.197. The van der Waals surface area contributed by atoms with Crippen LogP contribution in [0.5, 0.6) is 5.75 Å². The molecule has 3 N–H and O–H groups in total. The van der Waals surface area contributed by atoms with Crippen LogP contribution in [0.4, 0.5) is 16.2 Å². The summed E-state index contributed by atoms with van der Waals surface area (Å²) in [7, 11) is 0.973. The second-order valence-corrected chi connectivity index (χ2v) is 12.9.